The number of rotatable bonds is 5. The highest BCUT2D eigenvalue weighted by molar-refractivity contribution is 7.90. The van der Waals surface area contributed by atoms with Crippen molar-refractivity contribution in [2.24, 2.45) is 0 Å². The third-order valence-corrected chi connectivity index (χ3v) is 5.05. The summed E-state index contributed by atoms with van der Waals surface area (Å²) in [6, 6.07) is 1.89. The first-order valence-electron chi connectivity index (χ1n) is 5.18. The minimum absolute atomic E-state index is 0.0300. The topological polar surface area (TPSA) is 73.2 Å². The maximum absolute atomic E-state index is 12.0. The Labute approximate surface area is 91.1 Å². The predicted octanol–water partition coefficient (Wildman–Crippen LogP) is -0.0879. The highest BCUT2D eigenvalue weighted by atomic mass is 32.2. The molecule has 0 bridgehead atoms. The van der Waals surface area contributed by atoms with Crippen LogP contribution in [0.25, 0.3) is 0 Å². The van der Waals surface area contributed by atoms with Gasteiger partial charge >= 0.3 is 0 Å². The third-order valence-electron chi connectivity index (χ3n) is 2.68. The fourth-order valence-electron chi connectivity index (χ4n) is 1.65. The lowest BCUT2D eigenvalue weighted by molar-refractivity contribution is 0.248. The highest BCUT2D eigenvalue weighted by Crippen LogP contribution is 2.17. The summed E-state index contributed by atoms with van der Waals surface area (Å²) < 4.78 is 25.5. The highest BCUT2D eigenvalue weighted by Gasteiger charge is 2.37. The Kier molecular flexibility index (Phi) is 4.08. The second-order valence-corrected chi connectivity index (χ2v) is 5.65. The van der Waals surface area contributed by atoms with Gasteiger partial charge < -0.3 is 5.32 Å². The van der Waals surface area contributed by atoms with Gasteiger partial charge in [0.25, 0.3) is 0 Å². The first kappa shape index (κ1) is 12.4. The zero-order valence-corrected chi connectivity index (χ0v) is 9.92. The van der Waals surface area contributed by atoms with Crippen molar-refractivity contribution < 1.29 is 8.42 Å². The van der Waals surface area contributed by atoms with E-state index in [2.05, 4.69) is 5.32 Å². The molecule has 0 spiro atoms. The Balaban J connectivity index is 2.86. The molecular weight excluding hydrogens is 214 g/mol. The fourth-order valence-corrected chi connectivity index (χ4v) is 3.46. The molecule has 1 fully saturated rings. The van der Waals surface area contributed by atoms with Crippen LogP contribution in [0.2, 0.25) is 0 Å². The number of nitrogens with zero attached hydrogens (tertiary/aromatic N) is 2. The first-order chi connectivity index (χ1) is 7.07. The fraction of sp³-hybridized carbons (Fsp3) is 0.889. The van der Waals surface area contributed by atoms with E-state index in [9.17, 15) is 8.42 Å². The minimum Gasteiger partial charge on any atom is -0.313 e. The van der Waals surface area contributed by atoms with Crippen LogP contribution >= 0.6 is 0 Å². The molecule has 1 heterocycles. The van der Waals surface area contributed by atoms with Crippen LogP contribution in [0.5, 0.6) is 0 Å². The quantitative estimate of drug-likeness (QED) is 0.718. The van der Waals surface area contributed by atoms with Crippen LogP contribution in [0.15, 0.2) is 0 Å². The van der Waals surface area contributed by atoms with E-state index in [0.29, 0.717) is 26.1 Å². The largest absolute Gasteiger partial charge is 0.313 e. The number of hydrogen-bond acceptors (Lipinski definition) is 4. The van der Waals surface area contributed by atoms with Crippen molar-refractivity contribution in [2.75, 3.05) is 19.6 Å². The maximum Gasteiger partial charge on any atom is 0.230 e. The van der Waals surface area contributed by atoms with Crippen molar-refractivity contribution in [1.29, 1.82) is 5.26 Å². The van der Waals surface area contributed by atoms with Crippen LogP contribution in [-0.4, -0.2) is 43.6 Å². The summed E-state index contributed by atoms with van der Waals surface area (Å²) >= 11 is 0. The van der Waals surface area contributed by atoms with Crippen molar-refractivity contribution in [3.05, 3.63) is 0 Å². The van der Waals surface area contributed by atoms with E-state index in [1.807, 2.05) is 6.07 Å². The Morgan fingerprint density at radius 3 is 2.40 bits per heavy atom. The molecular formula is C9H17N3O2S. The summed E-state index contributed by atoms with van der Waals surface area (Å²) in [5.74, 6) is 0. The Morgan fingerprint density at radius 1 is 1.53 bits per heavy atom. The van der Waals surface area contributed by atoms with Gasteiger partial charge in [-0.3, -0.25) is 0 Å². The number of likely N-dealkylation sites (N-methyl/N-ethyl adjacent to an activating group) is 1. The molecule has 0 aromatic heterocycles. The first-order valence-corrected chi connectivity index (χ1v) is 6.69. The van der Waals surface area contributed by atoms with Crippen LogP contribution in [0.1, 0.15) is 20.3 Å². The van der Waals surface area contributed by atoms with Crippen LogP contribution in [0.3, 0.4) is 0 Å². The summed E-state index contributed by atoms with van der Waals surface area (Å²) in [4.78, 5) is 0. The summed E-state index contributed by atoms with van der Waals surface area (Å²) in [5, 5.41) is 10.9. The molecule has 0 saturated carbocycles. The average Bonchev–Trinajstić information content (AvgIpc) is 2.12. The lowest BCUT2D eigenvalue weighted by Crippen LogP contribution is -2.59. The second kappa shape index (κ2) is 4.92. The molecule has 6 heteroatoms. The van der Waals surface area contributed by atoms with E-state index in [0.717, 1.165) is 0 Å². The summed E-state index contributed by atoms with van der Waals surface area (Å²) in [7, 11) is -3.44. The number of sulfonamides is 1. The Hall–Kier alpha value is -0.640. The summed E-state index contributed by atoms with van der Waals surface area (Å²) in [6.07, 6.45) is 0.343. The van der Waals surface area contributed by atoms with E-state index < -0.39 is 15.3 Å². The van der Waals surface area contributed by atoms with Gasteiger partial charge in [-0.2, -0.15) is 9.57 Å². The van der Waals surface area contributed by atoms with Gasteiger partial charge in [0.1, 0.15) is 0 Å². The van der Waals surface area contributed by atoms with Crippen molar-refractivity contribution in [3.8, 4) is 6.07 Å². The van der Waals surface area contributed by atoms with E-state index in [4.69, 9.17) is 5.26 Å². The molecule has 0 aromatic carbocycles. The van der Waals surface area contributed by atoms with Crippen molar-refractivity contribution in [3.63, 3.8) is 0 Å². The van der Waals surface area contributed by atoms with E-state index in [1.54, 1.807) is 13.8 Å². The van der Waals surface area contributed by atoms with Gasteiger partial charge in [0.15, 0.2) is 5.25 Å². The van der Waals surface area contributed by atoms with E-state index in [1.165, 1.54) is 4.31 Å². The van der Waals surface area contributed by atoms with Crippen molar-refractivity contribution >= 4 is 10.0 Å². The standard InChI is InChI=1S/C9H17N3O2S/c1-3-9(5-10)15(13,14)12(4-2)8-6-11-7-8/h8-9,11H,3-4,6-7H2,1-2H3. The molecule has 0 aliphatic carbocycles. The molecule has 15 heavy (non-hydrogen) atoms. The van der Waals surface area contributed by atoms with Gasteiger partial charge in [-0.15, -0.1) is 0 Å². The smallest absolute Gasteiger partial charge is 0.230 e. The lowest BCUT2D eigenvalue weighted by atomic mass is 10.2. The molecule has 1 saturated heterocycles. The predicted molar refractivity (Wildman–Crippen MR) is 57.6 cm³/mol. The maximum atomic E-state index is 12.0. The molecule has 0 amide bonds. The monoisotopic (exact) mass is 231 g/mol. The average molecular weight is 231 g/mol. The van der Waals surface area contributed by atoms with Gasteiger partial charge in [-0.1, -0.05) is 13.8 Å². The Morgan fingerprint density at radius 2 is 2.13 bits per heavy atom. The second-order valence-electron chi connectivity index (χ2n) is 3.59. The van der Waals surface area contributed by atoms with Crippen LogP contribution in [-0.2, 0) is 10.0 Å². The van der Waals surface area contributed by atoms with Crippen molar-refractivity contribution in [2.45, 2.75) is 31.6 Å². The minimum atomic E-state index is -3.44. The number of nitriles is 1. The van der Waals surface area contributed by atoms with Gasteiger partial charge in [0, 0.05) is 25.7 Å². The molecule has 0 aromatic rings. The normalized spacial score (nSPS) is 19.6. The molecule has 1 rings (SSSR count). The zero-order valence-electron chi connectivity index (χ0n) is 9.10. The summed E-state index contributed by atoms with van der Waals surface area (Å²) in [5.41, 5.74) is 0. The molecule has 1 N–H and O–H groups in total. The van der Waals surface area contributed by atoms with E-state index >= 15 is 0 Å². The van der Waals surface area contributed by atoms with E-state index in [-0.39, 0.29) is 6.04 Å². The molecule has 1 atom stereocenters. The lowest BCUT2D eigenvalue weighted by Gasteiger charge is -2.37. The molecule has 1 aliphatic rings. The molecule has 86 valence electrons. The van der Waals surface area contributed by atoms with Gasteiger partial charge in [0.2, 0.25) is 10.0 Å². The number of nitrogens with one attached hydrogen (secondary N) is 1. The van der Waals surface area contributed by atoms with Crippen molar-refractivity contribution in [1.82, 2.24) is 9.62 Å². The molecule has 1 aliphatic heterocycles. The zero-order chi connectivity index (χ0) is 11.5. The van der Waals surface area contributed by atoms with Gasteiger partial charge in [-0.25, -0.2) is 8.42 Å². The molecule has 0 radical (unpaired) electrons. The van der Waals surface area contributed by atoms with Crippen LogP contribution in [0.4, 0.5) is 0 Å². The van der Waals surface area contributed by atoms with Gasteiger partial charge in [0.05, 0.1) is 6.07 Å². The van der Waals surface area contributed by atoms with Gasteiger partial charge in [-0.05, 0) is 6.42 Å². The molecule has 5 nitrogen and oxygen atoms in total. The van der Waals surface area contributed by atoms with Crippen LogP contribution in [0, 0.1) is 11.3 Å². The third kappa shape index (κ3) is 2.30. The molecule has 1 unspecified atom stereocenters. The summed E-state index contributed by atoms with van der Waals surface area (Å²) in [6.45, 7) is 5.34. The number of hydrogen-bond donors (Lipinski definition) is 1. The SMILES string of the molecule is CCC(C#N)S(=O)(=O)N(CC)C1CNC1. The Bertz CT molecular complexity index is 343. The van der Waals surface area contributed by atoms with Crippen LogP contribution < -0.4 is 5.32 Å².